The molecule has 2 aliphatic carbocycles. The van der Waals surface area contributed by atoms with Crippen LogP contribution in [0.2, 0.25) is 0 Å². The lowest BCUT2D eigenvalue weighted by Gasteiger charge is -2.28. The third-order valence-corrected chi connectivity index (χ3v) is 6.17. The molecule has 5 unspecified atom stereocenters. The largest absolute Gasteiger partial charge is 0.481 e. The zero-order valence-electron chi connectivity index (χ0n) is 19.8. The van der Waals surface area contributed by atoms with Crippen molar-refractivity contribution in [1.82, 2.24) is 10.2 Å². The van der Waals surface area contributed by atoms with Crippen LogP contribution in [-0.4, -0.2) is 69.8 Å². The van der Waals surface area contributed by atoms with E-state index >= 15 is 0 Å². The lowest BCUT2D eigenvalue weighted by Crippen LogP contribution is -2.49. The number of nitrogens with one attached hydrogen (secondary N) is 1. The molecule has 178 valence electrons. The van der Waals surface area contributed by atoms with Crippen molar-refractivity contribution in [3.05, 3.63) is 12.7 Å². The van der Waals surface area contributed by atoms with Crippen molar-refractivity contribution in [3.63, 3.8) is 0 Å². The van der Waals surface area contributed by atoms with E-state index in [0.29, 0.717) is 18.5 Å². The SMILES string of the molecule is C=CC1CC1(NC(=O)C1CC(O)CC1C(=O)O)C(=O)OCC.CCN(C(C)C)C(C)C. The van der Waals surface area contributed by atoms with E-state index in [1.165, 1.54) is 0 Å². The van der Waals surface area contributed by atoms with E-state index in [-0.39, 0.29) is 25.4 Å². The Bertz CT molecular complexity index is 642. The van der Waals surface area contributed by atoms with Gasteiger partial charge in [0.2, 0.25) is 5.91 Å². The molecule has 2 aliphatic rings. The van der Waals surface area contributed by atoms with Gasteiger partial charge in [-0.1, -0.05) is 13.0 Å². The minimum atomic E-state index is -1.13. The maximum Gasteiger partial charge on any atom is 0.332 e. The van der Waals surface area contributed by atoms with Gasteiger partial charge in [-0.15, -0.1) is 6.58 Å². The molecule has 0 heterocycles. The zero-order chi connectivity index (χ0) is 23.9. The van der Waals surface area contributed by atoms with Crippen LogP contribution in [0, 0.1) is 17.8 Å². The average Bonchev–Trinajstić information content (AvgIpc) is 3.24. The van der Waals surface area contributed by atoms with Gasteiger partial charge in [0.25, 0.3) is 0 Å². The number of amides is 1. The Hall–Kier alpha value is -1.93. The first-order valence-corrected chi connectivity index (χ1v) is 11.2. The second-order valence-electron chi connectivity index (χ2n) is 8.92. The van der Waals surface area contributed by atoms with Gasteiger partial charge in [-0.05, 0) is 60.4 Å². The summed E-state index contributed by atoms with van der Waals surface area (Å²) in [5, 5.41) is 21.4. The molecule has 0 aliphatic heterocycles. The Balaban J connectivity index is 0.000000452. The van der Waals surface area contributed by atoms with Crippen LogP contribution in [0.25, 0.3) is 0 Å². The number of aliphatic hydroxyl groups is 1. The highest BCUT2D eigenvalue weighted by molar-refractivity contribution is 5.94. The van der Waals surface area contributed by atoms with E-state index in [2.05, 4.69) is 51.4 Å². The fourth-order valence-corrected chi connectivity index (χ4v) is 4.47. The summed E-state index contributed by atoms with van der Waals surface area (Å²) in [4.78, 5) is 38.1. The number of ether oxygens (including phenoxy) is 1. The third-order valence-electron chi connectivity index (χ3n) is 6.17. The summed E-state index contributed by atoms with van der Waals surface area (Å²) in [7, 11) is 0. The predicted molar refractivity (Wildman–Crippen MR) is 118 cm³/mol. The summed E-state index contributed by atoms with van der Waals surface area (Å²) < 4.78 is 4.99. The molecule has 31 heavy (non-hydrogen) atoms. The molecule has 1 amide bonds. The van der Waals surface area contributed by atoms with Crippen molar-refractivity contribution < 1.29 is 29.3 Å². The van der Waals surface area contributed by atoms with Gasteiger partial charge in [0, 0.05) is 18.0 Å². The predicted octanol–water partition coefficient (Wildman–Crippen LogP) is 2.21. The summed E-state index contributed by atoms with van der Waals surface area (Å²) in [6.45, 7) is 17.8. The molecule has 0 spiro atoms. The molecule has 0 aromatic heterocycles. The summed E-state index contributed by atoms with van der Waals surface area (Å²) in [5.74, 6) is -4.16. The van der Waals surface area contributed by atoms with Gasteiger partial charge in [-0.2, -0.15) is 0 Å². The van der Waals surface area contributed by atoms with Gasteiger partial charge in [0.1, 0.15) is 5.54 Å². The summed E-state index contributed by atoms with van der Waals surface area (Å²) >= 11 is 0. The average molecular weight is 441 g/mol. The minimum absolute atomic E-state index is 0.0463. The third kappa shape index (κ3) is 6.77. The first kappa shape index (κ1) is 27.1. The first-order chi connectivity index (χ1) is 14.4. The number of hydrogen-bond acceptors (Lipinski definition) is 6. The van der Waals surface area contributed by atoms with E-state index in [9.17, 15) is 19.5 Å². The van der Waals surface area contributed by atoms with E-state index in [1.807, 2.05) is 0 Å². The van der Waals surface area contributed by atoms with Crippen LogP contribution in [0.15, 0.2) is 12.7 Å². The number of rotatable bonds is 9. The van der Waals surface area contributed by atoms with Gasteiger partial charge < -0.3 is 20.3 Å². The summed E-state index contributed by atoms with van der Waals surface area (Å²) in [6.07, 6.45) is 1.29. The fraction of sp³-hybridized carbons (Fsp3) is 0.783. The Morgan fingerprint density at radius 1 is 1.16 bits per heavy atom. The molecule has 0 radical (unpaired) electrons. The van der Waals surface area contributed by atoms with Crippen molar-refractivity contribution in [2.24, 2.45) is 17.8 Å². The number of nitrogens with zero attached hydrogens (tertiary/aromatic N) is 1. The highest BCUT2D eigenvalue weighted by Crippen LogP contribution is 2.46. The molecular formula is C23H40N2O6. The summed E-state index contributed by atoms with van der Waals surface area (Å²) in [6, 6.07) is 1.38. The Morgan fingerprint density at radius 3 is 2.06 bits per heavy atom. The van der Waals surface area contributed by atoms with Crippen molar-refractivity contribution in [2.75, 3.05) is 13.2 Å². The Labute approximate surface area is 186 Å². The van der Waals surface area contributed by atoms with E-state index in [0.717, 1.165) is 6.54 Å². The van der Waals surface area contributed by atoms with Gasteiger partial charge in [0.15, 0.2) is 0 Å². The second-order valence-corrected chi connectivity index (χ2v) is 8.92. The summed E-state index contributed by atoms with van der Waals surface area (Å²) in [5.41, 5.74) is -1.13. The highest BCUT2D eigenvalue weighted by atomic mass is 16.5. The molecule has 2 rings (SSSR count). The van der Waals surface area contributed by atoms with E-state index < -0.39 is 41.3 Å². The number of aliphatic hydroxyl groups excluding tert-OH is 1. The topological polar surface area (TPSA) is 116 Å². The lowest BCUT2D eigenvalue weighted by molar-refractivity contribution is -0.150. The van der Waals surface area contributed by atoms with Crippen molar-refractivity contribution in [1.29, 1.82) is 0 Å². The van der Waals surface area contributed by atoms with Crippen molar-refractivity contribution in [3.8, 4) is 0 Å². The zero-order valence-corrected chi connectivity index (χ0v) is 19.8. The lowest BCUT2D eigenvalue weighted by atomic mass is 9.94. The maximum atomic E-state index is 12.4. The monoisotopic (exact) mass is 440 g/mol. The molecular weight excluding hydrogens is 400 g/mol. The van der Waals surface area contributed by atoms with Crippen molar-refractivity contribution in [2.45, 2.75) is 84.5 Å². The standard InChI is InChI=1S/C15H21NO6.C8H19N/c1-3-8-7-15(8,14(21)22-4-2)16-12(18)10-5-9(17)6-11(10)13(19)20;1-6-9(7(2)3)8(4)5/h3,8-11,17H,1,4-7H2,2H3,(H,16,18)(H,19,20);7-8H,6H2,1-5H3. The van der Waals surface area contributed by atoms with Crippen molar-refractivity contribution >= 4 is 17.8 Å². The van der Waals surface area contributed by atoms with Crippen LogP contribution in [0.5, 0.6) is 0 Å². The molecule has 0 aromatic rings. The molecule has 5 atom stereocenters. The van der Waals surface area contributed by atoms with Crippen LogP contribution >= 0.6 is 0 Å². The minimum Gasteiger partial charge on any atom is -0.481 e. The molecule has 0 aromatic carbocycles. The smallest absolute Gasteiger partial charge is 0.332 e. The molecule has 2 fully saturated rings. The number of carbonyl (C=O) groups is 3. The van der Waals surface area contributed by atoms with Gasteiger partial charge in [-0.3, -0.25) is 14.5 Å². The molecule has 0 saturated heterocycles. The van der Waals surface area contributed by atoms with Crippen LogP contribution in [0.1, 0.15) is 60.8 Å². The van der Waals surface area contributed by atoms with E-state index in [1.54, 1.807) is 13.0 Å². The number of carboxylic acid groups (broad SMARTS) is 1. The number of aliphatic carboxylic acids is 1. The molecule has 8 heteroatoms. The fourth-order valence-electron chi connectivity index (χ4n) is 4.47. The van der Waals surface area contributed by atoms with Crippen LogP contribution in [0.4, 0.5) is 0 Å². The molecule has 0 bridgehead atoms. The number of hydrogen-bond donors (Lipinski definition) is 3. The van der Waals surface area contributed by atoms with Gasteiger partial charge in [0.05, 0.1) is 24.5 Å². The second kappa shape index (κ2) is 11.6. The number of carbonyl (C=O) groups excluding carboxylic acids is 2. The first-order valence-electron chi connectivity index (χ1n) is 11.2. The highest BCUT2D eigenvalue weighted by Gasteiger charge is 2.62. The Morgan fingerprint density at radius 2 is 1.71 bits per heavy atom. The quantitative estimate of drug-likeness (QED) is 0.372. The maximum absolute atomic E-state index is 12.4. The normalized spacial score (nSPS) is 29.4. The molecule has 3 N–H and O–H groups in total. The van der Waals surface area contributed by atoms with E-state index in [4.69, 9.17) is 9.84 Å². The molecule has 8 nitrogen and oxygen atoms in total. The van der Waals surface area contributed by atoms with Crippen LogP contribution in [0.3, 0.4) is 0 Å². The van der Waals surface area contributed by atoms with Gasteiger partial charge >= 0.3 is 11.9 Å². The molecule has 2 saturated carbocycles. The Kier molecular flexibility index (Phi) is 10.2. The van der Waals surface area contributed by atoms with Crippen LogP contribution < -0.4 is 5.32 Å². The van der Waals surface area contributed by atoms with Crippen LogP contribution in [-0.2, 0) is 19.1 Å². The van der Waals surface area contributed by atoms with Gasteiger partial charge in [-0.25, -0.2) is 4.79 Å². The number of esters is 1. The number of carboxylic acids is 1.